The monoisotopic (exact) mass is 297 g/mol. The normalized spacial score (nSPS) is 26.2. The zero-order valence-electron chi connectivity index (χ0n) is 13.5. The van der Waals surface area contributed by atoms with Crippen LogP contribution in [-0.2, 0) is 10.3 Å². The van der Waals surface area contributed by atoms with E-state index in [2.05, 4.69) is 50.0 Å². The fraction of sp³-hybridized carbons (Fsp3) is 0.421. The highest BCUT2D eigenvalue weighted by molar-refractivity contribution is 5.28. The number of hydrogen-bond acceptors (Lipinski definition) is 3. The first-order valence-electron chi connectivity index (χ1n) is 7.80. The molecule has 22 heavy (non-hydrogen) atoms. The summed E-state index contributed by atoms with van der Waals surface area (Å²) in [5.74, 6) is 0.811. The minimum Gasteiger partial charge on any atom is -0.492 e. The van der Waals surface area contributed by atoms with Gasteiger partial charge < -0.3 is 9.47 Å². The largest absolute Gasteiger partial charge is 0.492 e. The number of pyridine rings is 1. The van der Waals surface area contributed by atoms with Crippen molar-refractivity contribution in [3.05, 3.63) is 60.4 Å². The summed E-state index contributed by atoms with van der Waals surface area (Å²) in [6.45, 7) is 7.38. The predicted octanol–water partition coefficient (Wildman–Crippen LogP) is 4.19. The Hall–Kier alpha value is -1.87. The van der Waals surface area contributed by atoms with Gasteiger partial charge in [-0.2, -0.15) is 0 Å². The molecule has 0 radical (unpaired) electrons. The Kier molecular flexibility index (Phi) is 3.92. The quantitative estimate of drug-likeness (QED) is 0.829. The first kappa shape index (κ1) is 15.0. The van der Waals surface area contributed by atoms with Gasteiger partial charge in [0.15, 0.2) is 0 Å². The maximum absolute atomic E-state index is 6.27. The smallest absolute Gasteiger partial charge is 0.137 e. The van der Waals surface area contributed by atoms with Gasteiger partial charge in [-0.25, -0.2) is 0 Å². The number of aromatic nitrogens is 1. The van der Waals surface area contributed by atoms with Gasteiger partial charge in [0.2, 0.25) is 0 Å². The number of hydrogen-bond donors (Lipinski definition) is 0. The van der Waals surface area contributed by atoms with Gasteiger partial charge in [-0.3, -0.25) is 4.98 Å². The maximum atomic E-state index is 6.27. The molecule has 1 saturated heterocycles. The van der Waals surface area contributed by atoms with Crippen LogP contribution in [0.2, 0.25) is 0 Å². The Labute approximate surface area is 132 Å². The van der Waals surface area contributed by atoms with Crippen LogP contribution < -0.4 is 4.74 Å². The molecule has 0 N–H and O–H groups in total. The van der Waals surface area contributed by atoms with Crippen LogP contribution in [-0.4, -0.2) is 17.7 Å². The van der Waals surface area contributed by atoms with Crippen molar-refractivity contribution in [3.8, 4) is 5.75 Å². The third kappa shape index (κ3) is 2.50. The molecule has 1 aromatic heterocycles. The van der Waals surface area contributed by atoms with Gasteiger partial charge in [0, 0.05) is 18.0 Å². The van der Waals surface area contributed by atoms with Crippen LogP contribution in [0.15, 0.2) is 54.9 Å². The molecule has 0 spiro atoms. The highest BCUT2D eigenvalue weighted by Gasteiger charge is 2.59. The highest BCUT2D eigenvalue weighted by Crippen LogP contribution is 2.56. The first-order valence-corrected chi connectivity index (χ1v) is 7.80. The zero-order chi connectivity index (χ0) is 15.6. The number of benzene rings is 1. The molecule has 1 fully saturated rings. The van der Waals surface area contributed by atoms with Crippen molar-refractivity contribution in [2.75, 3.05) is 6.61 Å². The van der Waals surface area contributed by atoms with Crippen LogP contribution in [0, 0.1) is 5.41 Å². The van der Waals surface area contributed by atoms with Crippen molar-refractivity contribution in [2.45, 2.75) is 38.9 Å². The molecule has 3 nitrogen and oxygen atoms in total. The van der Waals surface area contributed by atoms with Crippen molar-refractivity contribution in [3.63, 3.8) is 0 Å². The summed E-state index contributed by atoms with van der Waals surface area (Å²) in [6.07, 6.45) is 4.57. The summed E-state index contributed by atoms with van der Waals surface area (Å²) in [5, 5.41) is 0. The Balaban J connectivity index is 1.59. The van der Waals surface area contributed by atoms with Crippen LogP contribution in [0.5, 0.6) is 5.75 Å². The van der Waals surface area contributed by atoms with Crippen LogP contribution in [0.25, 0.3) is 0 Å². The minimum atomic E-state index is -0.229. The molecule has 3 rings (SSSR count). The lowest BCUT2D eigenvalue weighted by Crippen LogP contribution is -2.62. The Morgan fingerprint density at radius 1 is 1.09 bits per heavy atom. The van der Waals surface area contributed by atoms with Crippen LogP contribution in [0.3, 0.4) is 0 Å². The third-order valence-electron chi connectivity index (χ3n) is 5.02. The van der Waals surface area contributed by atoms with E-state index in [0.29, 0.717) is 6.61 Å². The molecule has 0 aliphatic carbocycles. The van der Waals surface area contributed by atoms with Crippen molar-refractivity contribution in [2.24, 2.45) is 5.41 Å². The predicted molar refractivity (Wildman–Crippen MR) is 86.8 cm³/mol. The second kappa shape index (κ2) is 5.73. The van der Waals surface area contributed by atoms with E-state index in [-0.39, 0.29) is 17.1 Å². The van der Waals surface area contributed by atoms with Crippen molar-refractivity contribution >= 4 is 0 Å². The van der Waals surface area contributed by atoms with E-state index in [4.69, 9.17) is 9.47 Å². The molecule has 0 unspecified atom stereocenters. The molecule has 1 aromatic carbocycles. The molecule has 0 bridgehead atoms. The molecular formula is C19H23NO2. The van der Waals surface area contributed by atoms with E-state index in [1.54, 1.807) is 12.4 Å². The maximum Gasteiger partial charge on any atom is 0.137 e. The lowest BCUT2D eigenvalue weighted by molar-refractivity contribution is -0.310. The van der Waals surface area contributed by atoms with E-state index in [9.17, 15) is 0 Å². The molecule has 1 aliphatic rings. The summed E-state index contributed by atoms with van der Waals surface area (Å²) in [6, 6.07) is 14.3. The summed E-state index contributed by atoms with van der Waals surface area (Å²) in [4.78, 5) is 4.05. The highest BCUT2D eigenvalue weighted by atomic mass is 16.5. The van der Waals surface area contributed by atoms with E-state index < -0.39 is 0 Å². The third-order valence-corrected chi connectivity index (χ3v) is 5.02. The van der Waals surface area contributed by atoms with E-state index >= 15 is 0 Å². The van der Waals surface area contributed by atoms with Gasteiger partial charge >= 0.3 is 0 Å². The second-order valence-electron chi connectivity index (χ2n) is 6.55. The number of nitrogens with zero attached hydrogens (tertiary/aromatic N) is 1. The van der Waals surface area contributed by atoms with Gasteiger partial charge in [-0.15, -0.1) is 0 Å². The standard InChI is InChI=1S/C19H23NO2/c1-18(2)17(11-13-21-16-10-7-12-20-14-16)22-19(18,3)15-8-5-4-6-9-15/h4-10,12,14,17H,11,13H2,1-3H3/t17-,19+/m0/s1. The molecule has 1 aliphatic heterocycles. The van der Waals surface area contributed by atoms with Crippen LogP contribution in [0.4, 0.5) is 0 Å². The van der Waals surface area contributed by atoms with E-state index in [1.165, 1.54) is 5.56 Å². The van der Waals surface area contributed by atoms with Crippen molar-refractivity contribution in [1.29, 1.82) is 0 Å². The van der Waals surface area contributed by atoms with Crippen molar-refractivity contribution < 1.29 is 9.47 Å². The summed E-state index contributed by atoms with van der Waals surface area (Å²) < 4.78 is 12.0. The fourth-order valence-corrected chi connectivity index (χ4v) is 3.17. The zero-order valence-corrected chi connectivity index (χ0v) is 13.5. The average Bonchev–Trinajstić information content (AvgIpc) is 2.55. The molecule has 3 heteroatoms. The molecule has 2 atom stereocenters. The second-order valence-corrected chi connectivity index (χ2v) is 6.55. The fourth-order valence-electron chi connectivity index (χ4n) is 3.17. The topological polar surface area (TPSA) is 31.4 Å². The number of ether oxygens (including phenoxy) is 2. The Morgan fingerprint density at radius 2 is 1.86 bits per heavy atom. The summed E-state index contributed by atoms with van der Waals surface area (Å²) in [5.41, 5.74) is 1.09. The van der Waals surface area contributed by atoms with E-state index in [1.807, 2.05) is 18.2 Å². The van der Waals surface area contributed by atoms with E-state index in [0.717, 1.165) is 12.2 Å². The van der Waals surface area contributed by atoms with Crippen molar-refractivity contribution in [1.82, 2.24) is 4.98 Å². The summed E-state index contributed by atoms with van der Waals surface area (Å²) >= 11 is 0. The van der Waals surface area contributed by atoms with Gasteiger partial charge in [-0.1, -0.05) is 44.2 Å². The Morgan fingerprint density at radius 3 is 2.50 bits per heavy atom. The van der Waals surface area contributed by atoms with Gasteiger partial charge in [0.05, 0.1) is 24.5 Å². The lowest BCUT2D eigenvalue weighted by Gasteiger charge is -2.60. The lowest BCUT2D eigenvalue weighted by atomic mass is 9.62. The molecule has 0 amide bonds. The molecule has 116 valence electrons. The van der Waals surface area contributed by atoms with Crippen LogP contribution >= 0.6 is 0 Å². The minimum absolute atomic E-state index is 0.0760. The van der Waals surface area contributed by atoms with Gasteiger partial charge in [0.1, 0.15) is 5.75 Å². The van der Waals surface area contributed by atoms with Gasteiger partial charge in [-0.05, 0) is 24.6 Å². The van der Waals surface area contributed by atoms with Gasteiger partial charge in [0.25, 0.3) is 0 Å². The number of rotatable bonds is 5. The molecule has 2 heterocycles. The molecule has 2 aromatic rings. The van der Waals surface area contributed by atoms with Crippen LogP contribution in [0.1, 0.15) is 32.8 Å². The molecular weight excluding hydrogens is 274 g/mol. The molecule has 0 saturated carbocycles. The Bertz CT molecular complexity index is 612. The average molecular weight is 297 g/mol. The SMILES string of the molecule is CC1(C)[C@H](CCOc2cccnc2)O[C@]1(C)c1ccccc1. The summed E-state index contributed by atoms with van der Waals surface area (Å²) in [7, 11) is 0. The first-order chi connectivity index (χ1) is 10.5.